The third kappa shape index (κ3) is 4.90. The molecular formula is C15H23N5S. The van der Waals surface area contributed by atoms with E-state index < -0.39 is 0 Å². The molecule has 0 aliphatic heterocycles. The molecule has 0 amide bonds. The Morgan fingerprint density at radius 2 is 2.05 bits per heavy atom. The molecule has 0 saturated heterocycles. The highest BCUT2D eigenvalue weighted by atomic mass is 32.1. The van der Waals surface area contributed by atoms with E-state index in [4.69, 9.17) is 0 Å². The molecule has 114 valence electrons. The first-order valence-electron chi connectivity index (χ1n) is 7.23. The van der Waals surface area contributed by atoms with Crippen molar-refractivity contribution >= 4 is 32.6 Å². The average molecular weight is 305 g/mol. The van der Waals surface area contributed by atoms with Crippen molar-refractivity contribution in [3.63, 3.8) is 0 Å². The molecule has 0 aliphatic carbocycles. The normalized spacial score (nSPS) is 11.9. The standard InChI is InChI=1S/C15H23N5S/c1-11(2)10-19-14(16-3)17-8-9-18-15-20-12-6-4-5-7-13(12)21-15/h4-7,11H,8-10H2,1-3H3,(H,18,20)(H2,16,17,19). The summed E-state index contributed by atoms with van der Waals surface area (Å²) in [6, 6.07) is 8.18. The average Bonchev–Trinajstić information content (AvgIpc) is 2.89. The van der Waals surface area contributed by atoms with Crippen LogP contribution in [0.5, 0.6) is 0 Å². The van der Waals surface area contributed by atoms with Crippen LogP contribution in [0.1, 0.15) is 13.8 Å². The van der Waals surface area contributed by atoms with E-state index in [-0.39, 0.29) is 0 Å². The minimum absolute atomic E-state index is 0.601. The molecular weight excluding hydrogens is 282 g/mol. The summed E-state index contributed by atoms with van der Waals surface area (Å²) < 4.78 is 1.21. The van der Waals surface area contributed by atoms with E-state index in [1.165, 1.54) is 4.70 Å². The fourth-order valence-corrected chi connectivity index (χ4v) is 2.71. The van der Waals surface area contributed by atoms with Crippen LogP contribution in [-0.2, 0) is 0 Å². The summed E-state index contributed by atoms with van der Waals surface area (Å²) in [5, 5.41) is 10.9. The van der Waals surface area contributed by atoms with Gasteiger partial charge in [0.2, 0.25) is 0 Å². The van der Waals surface area contributed by atoms with Gasteiger partial charge in [-0.3, -0.25) is 4.99 Å². The van der Waals surface area contributed by atoms with E-state index in [1.807, 2.05) is 18.2 Å². The molecule has 5 nitrogen and oxygen atoms in total. The Morgan fingerprint density at radius 3 is 2.76 bits per heavy atom. The van der Waals surface area contributed by atoms with Crippen LogP contribution >= 0.6 is 11.3 Å². The van der Waals surface area contributed by atoms with Crippen LogP contribution < -0.4 is 16.0 Å². The molecule has 1 aromatic carbocycles. The number of guanidine groups is 1. The first-order valence-corrected chi connectivity index (χ1v) is 8.04. The van der Waals surface area contributed by atoms with Gasteiger partial charge in [0.1, 0.15) is 0 Å². The van der Waals surface area contributed by atoms with E-state index in [2.05, 4.69) is 45.8 Å². The number of fused-ring (bicyclic) bond motifs is 1. The van der Waals surface area contributed by atoms with Crippen LogP contribution in [0.2, 0.25) is 0 Å². The lowest BCUT2D eigenvalue weighted by atomic mass is 10.2. The number of aromatic nitrogens is 1. The molecule has 1 heterocycles. The number of nitrogens with zero attached hydrogens (tertiary/aromatic N) is 2. The molecule has 0 fully saturated rings. The number of thiazole rings is 1. The fraction of sp³-hybridized carbons (Fsp3) is 0.467. The number of nitrogens with one attached hydrogen (secondary N) is 3. The fourth-order valence-electron chi connectivity index (χ4n) is 1.82. The first-order chi connectivity index (χ1) is 10.2. The second kappa shape index (κ2) is 7.83. The van der Waals surface area contributed by atoms with Gasteiger partial charge in [-0.1, -0.05) is 37.3 Å². The van der Waals surface area contributed by atoms with Crippen molar-refractivity contribution in [1.29, 1.82) is 0 Å². The zero-order valence-electron chi connectivity index (χ0n) is 12.8. The Balaban J connectivity index is 1.73. The van der Waals surface area contributed by atoms with Crippen molar-refractivity contribution in [2.45, 2.75) is 13.8 Å². The molecule has 0 radical (unpaired) electrons. The maximum absolute atomic E-state index is 4.54. The monoisotopic (exact) mass is 305 g/mol. The minimum Gasteiger partial charge on any atom is -0.360 e. The van der Waals surface area contributed by atoms with Gasteiger partial charge in [0.15, 0.2) is 11.1 Å². The van der Waals surface area contributed by atoms with Gasteiger partial charge >= 0.3 is 0 Å². The van der Waals surface area contributed by atoms with Gasteiger partial charge in [0, 0.05) is 26.7 Å². The minimum atomic E-state index is 0.601. The molecule has 0 unspecified atom stereocenters. The summed E-state index contributed by atoms with van der Waals surface area (Å²) in [6.07, 6.45) is 0. The number of anilines is 1. The van der Waals surface area contributed by atoms with Crippen LogP contribution in [0.4, 0.5) is 5.13 Å². The van der Waals surface area contributed by atoms with E-state index in [9.17, 15) is 0 Å². The number of rotatable bonds is 6. The van der Waals surface area contributed by atoms with Gasteiger partial charge in [-0.25, -0.2) is 4.98 Å². The Hall–Kier alpha value is -1.82. The number of para-hydroxylation sites is 1. The van der Waals surface area contributed by atoms with E-state index in [0.29, 0.717) is 5.92 Å². The summed E-state index contributed by atoms with van der Waals surface area (Å²) in [7, 11) is 1.79. The summed E-state index contributed by atoms with van der Waals surface area (Å²) in [5.41, 5.74) is 1.05. The topological polar surface area (TPSA) is 61.3 Å². The van der Waals surface area contributed by atoms with Crippen molar-refractivity contribution < 1.29 is 0 Å². The predicted molar refractivity (Wildman–Crippen MR) is 92.3 cm³/mol. The molecule has 2 rings (SSSR count). The van der Waals surface area contributed by atoms with E-state index in [1.54, 1.807) is 18.4 Å². The first kappa shape index (κ1) is 15.6. The van der Waals surface area contributed by atoms with Crippen molar-refractivity contribution in [2.75, 3.05) is 32.0 Å². The zero-order valence-corrected chi connectivity index (χ0v) is 13.6. The van der Waals surface area contributed by atoms with Crippen LogP contribution in [-0.4, -0.2) is 37.6 Å². The maximum Gasteiger partial charge on any atom is 0.191 e. The highest BCUT2D eigenvalue weighted by molar-refractivity contribution is 7.22. The summed E-state index contributed by atoms with van der Waals surface area (Å²) in [6.45, 7) is 6.88. The van der Waals surface area contributed by atoms with Gasteiger partial charge in [-0.2, -0.15) is 0 Å². The highest BCUT2D eigenvalue weighted by Crippen LogP contribution is 2.24. The molecule has 0 aliphatic rings. The Bertz CT molecular complexity index is 558. The van der Waals surface area contributed by atoms with Gasteiger partial charge in [-0.05, 0) is 18.1 Å². The van der Waals surface area contributed by atoms with Gasteiger partial charge in [-0.15, -0.1) is 0 Å². The Morgan fingerprint density at radius 1 is 1.24 bits per heavy atom. The smallest absolute Gasteiger partial charge is 0.191 e. The third-order valence-electron chi connectivity index (χ3n) is 2.89. The van der Waals surface area contributed by atoms with Gasteiger partial charge in [0.05, 0.1) is 10.2 Å². The van der Waals surface area contributed by atoms with Gasteiger partial charge < -0.3 is 16.0 Å². The van der Waals surface area contributed by atoms with Crippen LogP contribution in [0.25, 0.3) is 10.2 Å². The molecule has 0 atom stereocenters. The molecule has 0 bridgehead atoms. The maximum atomic E-state index is 4.54. The summed E-state index contributed by atoms with van der Waals surface area (Å²) >= 11 is 1.68. The Kier molecular flexibility index (Phi) is 5.80. The molecule has 3 N–H and O–H groups in total. The van der Waals surface area contributed by atoms with Crippen molar-refractivity contribution in [1.82, 2.24) is 15.6 Å². The van der Waals surface area contributed by atoms with Crippen LogP contribution in [0.15, 0.2) is 29.3 Å². The molecule has 0 spiro atoms. The summed E-state index contributed by atoms with van der Waals surface area (Å²) in [4.78, 5) is 8.74. The molecule has 0 saturated carbocycles. The van der Waals surface area contributed by atoms with Crippen molar-refractivity contribution in [3.05, 3.63) is 24.3 Å². The third-order valence-corrected chi connectivity index (χ3v) is 3.88. The second-order valence-electron chi connectivity index (χ2n) is 5.19. The van der Waals surface area contributed by atoms with Crippen molar-refractivity contribution in [3.8, 4) is 0 Å². The Labute approximate surface area is 129 Å². The SMILES string of the molecule is CN=C(NCCNc1nc2ccccc2s1)NCC(C)C. The lowest BCUT2D eigenvalue weighted by Gasteiger charge is -2.13. The largest absolute Gasteiger partial charge is 0.360 e. The van der Waals surface area contributed by atoms with Crippen molar-refractivity contribution in [2.24, 2.45) is 10.9 Å². The quantitative estimate of drug-likeness (QED) is 0.436. The number of aliphatic imine (C=N–C) groups is 1. The number of hydrogen-bond acceptors (Lipinski definition) is 4. The number of benzene rings is 1. The second-order valence-corrected chi connectivity index (χ2v) is 6.22. The zero-order chi connectivity index (χ0) is 15.1. The molecule has 21 heavy (non-hydrogen) atoms. The molecule has 2 aromatic rings. The van der Waals surface area contributed by atoms with Crippen LogP contribution in [0.3, 0.4) is 0 Å². The van der Waals surface area contributed by atoms with E-state index >= 15 is 0 Å². The molecule has 6 heteroatoms. The molecule has 1 aromatic heterocycles. The van der Waals surface area contributed by atoms with Gasteiger partial charge in [0.25, 0.3) is 0 Å². The number of hydrogen-bond donors (Lipinski definition) is 3. The lowest BCUT2D eigenvalue weighted by Crippen LogP contribution is -2.40. The highest BCUT2D eigenvalue weighted by Gasteiger charge is 2.02. The van der Waals surface area contributed by atoms with Crippen LogP contribution in [0, 0.1) is 5.92 Å². The predicted octanol–water partition coefficient (Wildman–Crippen LogP) is 2.53. The lowest BCUT2D eigenvalue weighted by molar-refractivity contribution is 0.615. The van der Waals surface area contributed by atoms with E-state index in [0.717, 1.165) is 36.2 Å². The summed E-state index contributed by atoms with van der Waals surface area (Å²) in [5.74, 6) is 1.44.